The first-order valence-corrected chi connectivity index (χ1v) is 11.7. The van der Waals surface area contributed by atoms with Crippen molar-refractivity contribution in [2.45, 2.75) is 32.2 Å². The van der Waals surface area contributed by atoms with Gasteiger partial charge in [-0.1, -0.05) is 48.9 Å². The second-order valence-electron chi connectivity index (χ2n) is 9.04. The Morgan fingerprint density at radius 3 is 2.53 bits per heavy atom. The summed E-state index contributed by atoms with van der Waals surface area (Å²) in [5, 5.41) is 3.12. The molecule has 0 radical (unpaired) electrons. The van der Waals surface area contributed by atoms with Gasteiger partial charge in [0.15, 0.2) is 0 Å². The average Bonchev–Trinajstić information content (AvgIpc) is 3.20. The quantitative estimate of drug-likeness (QED) is 0.579. The highest BCUT2D eigenvalue weighted by Crippen LogP contribution is 2.30. The summed E-state index contributed by atoms with van der Waals surface area (Å²) >= 11 is 0. The topological polar surface area (TPSA) is 35.6 Å². The predicted octanol–water partition coefficient (Wildman–Crippen LogP) is 5.58. The molecule has 4 nitrogen and oxygen atoms in total. The molecule has 2 heterocycles. The zero-order valence-electron chi connectivity index (χ0n) is 18.8. The molecular weight excluding hydrogens is 394 g/mol. The molecule has 0 aliphatic carbocycles. The molecule has 0 atom stereocenters. The molecule has 0 spiro atoms. The van der Waals surface area contributed by atoms with Gasteiger partial charge in [0, 0.05) is 37.1 Å². The number of carbonyl (C=O) groups is 1. The summed E-state index contributed by atoms with van der Waals surface area (Å²) in [5.41, 5.74) is 7.77. The smallest absolute Gasteiger partial charge is 0.255 e. The second kappa shape index (κ2) is 9.17. The SMILES string of the molecule is CN1CCc2ccc(NC(=O)c3ccc(-c4ccccc4)c(CN4CCCCC4)c3)cc21. The Bertz CT molecular complexity index is 1100. The number of likely N-dealkylation sites (N-methyl/N-ethyl adjacent to an activating group) is 1. The van der Waals surface area contributed by atoms with E-state index >= 15 is 0 Å². The van der Waals surface area contributed by atoms with Gasteiger partial charge in [-0.3, -0.25) is 9.69 Å². The van der Waals surface area contributed by atoms with Gasteiger partial charge in [-0.15, -0.1) is 0 Å². The number of likely N-dealkylation sites (tertiary alicyclic amines) is 1. The van der Waals surface area contributed by atoms with Crippen LogP contribution in [-0.4, -0.2) is 37.5 Å². The summed E-state index contributed by atoms with van der Waals surface area (Å²) in [7, 11) is 2.10. The Balaban J connectivity index is 1.41. The van der Waals surface area contributed by atoms with E-state index in [1.54, 1.807) is 0 Å². The fourth-order valence-corrected chi connectivity index (χ4v) is 4.94. The second-order valence-corrected chi connectivity index (χ2v) is 9.04. The van der Waals surface area contributed by atoms with Crippen LogP contribution >= 0.6 is 0 Å². The molecule has 5 rings (SSSR count). The molecule has 1 fully saturated rings. The van der Waals surface area contributed by atoms with Gasteiger partial charge in [0.05, 0.1) is 0 Å². The molecule has 0 saturated carbocycles. The molecule has 3 aromatic carbocycles. The number of piperidine rings is 1. The number of amides is 1. The predicted molar refractivity (Wildman–Crippen MR) is 132 cm³/mol. The fourth-order valence-electron chi connectivity index (χ4n) is 4.94. The van der Waals surface area contributed by atoms with Gasteiger partial charge in [0.25, 0.3) is 5.91 Å². The maximum absolute atomic E-state index is 13.1. The van der Waals surface area contributed by atoms with E-state index in [1.807, 2.05) is 18.2 Å². The number of benzene rings is 3. The van der Waals surface area contributed by atoms with Crippen LogP contribution in [0.3, 0.4) is 0 Å². The summed E-state index contributed by atoms with van der Waals surface area (Å²) in [6, 6.07) is 22.9. The lowest BCUT2D eigenvalue weighted by Crippen LogP contribution is -2.29. The minimum atomic E-state index is -0.0508. The molecule has 32 heavy (non-hydrogen) atoms. The van der Waals surface area contributed by atoms with E-state index in [-0.39, 0.29) is 5.91 Å². The van der Waals surface area contributed by atoms with Crippen LogP contribution in [0.2, 0.25) is 0 Å². The van der Waals surface area contributed by atoms with Crippen LogP contribution in [0.5, 0.6) is 0 Å². The van der Waals surface area contributed by atoms with E-state index in [9.17, 15) is 4.79 Å². The number of fused-ring (bicyclic) bond motifs is 1. The standard InChI is InChI=1S/C28H31N3O/c1-30-17-14-22-10-12-25(19-27(22)30)29-28(32)23-11-13-26(21-8-4-2-5-9-21)24(18-23)20-31-15-6-3-7-16-31/h2,4-5,8-13,18-19H,3,6-7,14-17,20H2,1H3,(H,29,32). The zero-order chi connectivity index (χ0) is 21.9. The molecule has 3 aromatic rings. The van der Waals surface area contributed by atoms with Gasteiger partial charge in [0.2, 0.25) is 0 Å². The van der Waals surface area contributed by atoms with Crippen LogP contribution in [0, 0.1) is 0 Å². The highest BCUT2D eigenvalue weighted by atomic mass is 16.1. The summed E-state index contributed by atoms with van der Waals surface area (Å²) in [4.78, 5) is 17.9. The van der Waals surface area contributed by atoms with E-state index in [0.717, 1.165) is 38.3 Å². The number of nitrogens with one attached hydrogen (secondary N) is 1. The Morgan fingerprint density at radius 1 is 0.906 bits per heavy atom. The van der Waals surface area contributed by atoms with Crippen molar-refractivity contribution >= 4 is 17.3 Å². The van der Waals surface area contributed by atoms with Crippen molar-refractivity contribution in [3.05, 3.63) is 83.4 Å². The molecule has 164 valence electrons. The normalized spacial score (nSPS) is 16.1. The van der Waals surface area contributed by atoms with Gasteiger partial charge in [0.1, 0.15) is 0 Å². The molecule has 4 heteroatoms. The average molecular weight is 426 g/mol. The maximum Gasteiger partial charge on any atom is 0.255 e. The van der Waals surface area contributed by atoms with Gasteiger partial charge in [-0.05, 0) is 78.9 Å². The van der Waals surface area contributed by atoms with Crippen molar-refractivity contribution in [3.8, 4) is 11.1 Å². The molecule has 2 aliphatic rings. The highest BCUT2D eigenvalue weighted by molar-refractivity contribution is 6.05. The zero-order valence-corrected chi connectivity index (χ0v) is 18.8. The first-order chi connectivity index (χ1) is 15.7. The number of rotatable bonds is 5. The van der Waals surface area contributed by atoms with Crippen LogP contribution in [0.15, 0.2) is 66.7 Å². The van der Waals surface area contributed by atoms with Gasteiger partial charge >= 0.3 is 0 Å². The molecule has 1 saturated heterocycles. The Kier molecular flexibility index (Phi) is 5.95. The Morgan fingerprint density at radius 2 is 1.72 bits per heavy atom. The monoisotopic (exact) mass is 425 g/mol. The van der Waals surface area contributed by atoms with Gasteiger partial charge in [-0.25, -0.2) is 0 Å². The summed E-state index contributed by atoms with van der Waals surface area (Å²) in [5.74, 6) is -0.0508. The Hall–Kier alpha value is -3.11. The number of nitrogens with zero attached hydrogens (tertiary/aromatic N) is 2. The number of anilines is 2. The number of hydrogen-bond donors (Lipinski definition) is 1. The summed E-state index contributed by atoms with van der Waals surface area (Å²) < 4.78 is 0. The van der Waals surface area contributed by atoms with Crippen LogP contribution < -0.4 is 10.2 Å². The lowest BCUT2D eigenvalue weighted by atomic mass is 9.96. The van der Waals surface area contributed by atoms with Gasteiger partial charge < -0.3 is 10.2 Å². The van der Waals surface area contributed by atoms with Crippen LogP contribution in [-0.2, 0) is 13.0 Å². The molecule has 0 aromatic heterocycles. The third-order valence-corrected chi connectivity index (χ3v) is 6.77. The molecule has 2 aliphatic heterocycles. The number of carbonyl (C=O) groups excluding carboxylic acids is 1. The molecule has 1 N–H and O–H groups in total. The number of hydrogen-bond acceptors (Lipinski definition) is 3. The van der Waals surface area contributed by atoms with E-state index in [0.29, 0.717) is 5.56 Å². The minimum absolute atomic E-state index is 0.0508. The molecular formula is C28H31N3O. The summed E-state index contributed by atoms with van der Waals surface area (Å²) in [6.07, 6.45) is 4.91. The maximum atomic E-state index is 13.1. The lowest BCUT2D eigenvalue weighted by molar-refractivity contribution is 0.102. The third kappa shape index (κ3) is 4.42. The van der Waals surface area contributed by atoms with Crippen LogP contribution in [0.1, 0.15) is 40.7 Å². The van der Waals surface area contributed by atoms with Crippen molar-refractivity contribution in [1.29, 1.82) is 0 Å². The highest BCUT2D eigenvalue weighted by Gasteiger charge is 2.18. The largest absolute Gasteiger partial charge is 0.374 e. The van der Waals surface area contributed by atoms with Gasteiger partial charge in [-0.2, -0.15) is 0 Å². The molecule has 0 bridgehead atoms. The van der Waals surface area contributed by atoms with Crippen molar-refractivity contribution in [1.82, 2.24) is 4.90 Å². The van der Waals surface area contributed by atoms with Crippen LogP contribution in [0.25, 0.3) is 11.1 Å². The van der Waals surface area contributed by atoms with E-state index in [2.05, 4.69) is 70.7 Å². The van der Waals surface area contributed by atoms with E-state index in [4.69, 9.17) is 0 Å². The molecule has 0 unspecified atom stereocenters. The molecule has 1 amide bonds. The minimum Gasteiger partial charge on any atom is -0.374 e. The Labute approximate surface area is 190 Å². The van der Waals surface area contributed by atoms with E-state index < -0.39 is 0 Å². The summed E-state index contributed by atoms with van der Waals surface area (Å²) in [6.45, 7) is 4.18. The third-order valence-electron chi connectivity index (χ3n) is 6.77. The van der Waals surface area contributed by atoms with Crippen molar-refractivity contribution < 1.29 is 4.79 Å². The first kappa shape index (κ1) is 20.8. The van der Waals surface area contributed by atoms with Crippen molar-refractivity contribution in [2.75, 3.05) is 36.9 Å². The van der Waals surface area contributed by atoms with E-state index in [1.165, 1.54) is 47.2 Å². The fraction of sp³-hybridized carbons (Fsp3) is 0.321. The lowest BCUT2D eigenvalue weighted by Gasteiger charge is -2.27. The van der Waals surface area contributed by atoms with Crippen molar-refractivity contribution in [2.24, 2.45) is 0 Å². The van der Waals surface area contributed by atoms with Crippen molar-refractivity contribution in [3.63, 3.8) is 0 Å². The van der Waals surface area contributed by atoms with Crippen LogP contribution in [0.4, 0.5) is 11.4 Å². The first-order valence-electron chi connectivity index (χ1n) is 11.7.